The number of rotatable bonds is 2. The highest BCUT2D eigenvalue weighted by molar-refractivity contribution is 5.13. The summed E-state index contributed by atoms with van der Waals surface area (Å²) in [6, 6.07) is 10.0. The fourth-order valence-electron chi connectivity index (χ4n) is 2.07. The Morgan fingerprint density at radius 2 is 2.07 bits per heavy atom. The molecule has 2 rings (SSSR count). The molecule has 1 unspecified atom stereocenters. The summed E-state index contributed by atoms with van der Waals surface area (Å²) in [7, 11) is 0. The molecule has 0 bridgehead atoms. The molecule has 76 valence electrons. The van der Waals surface area contributed by atoms with Gasteiger partial charge in [0.15, 0.2) is 0 Å². The van der Waals surface area contributed by atoms with Gasteiger partial charge in [0, 0.05) is 12.0 Å². The Hall–Kier alpha value is -0.900. The van der Waals surface area contributed by atoms with Crippen LogP contribution in [0.25, 0.3) is 0 Å². The zero-order chi connectivity index (χ0) is 10.0. The van der Waals surface area contributed by atoms with Gasteiger partial charge in [-0.25, -0.2) is 0 Å². The molecule has 2 N–H and O–H groups in total. The molecule has 3 heteroatoms. The number of hydrogen-bond donors (Lipinski definition) is 1. The Bertz CT molecular complexity index is 301. The molecule has 1 aromatic rings. The van der Waals surface area contributed by atoms with Gasteiger partial charge in [-0.3, -0.25) is 0 Å². The summed E-state index contributed by atoms with van der Waals surface area (Å²) in [5.41, 5.74) is 6.86. The molecular formula is C11H16N2O. The van der Waals surface area contributed by atoms with Crippen molar-refractivity contribution in [3.05, 3.63) is 41.1 Å². The van der Waals surface area contributed by atoms with Crippen LogP contribution < -0.4 is 5.73 Å². The molecular weight excluding hydrogens is 176 g/mol. The van der Waals surface area contributed by atoms with E-state index < -0.39 is 0 Å². The summed E-state index contributed by atoms with van der Waals surface area (Å²) in [5.74, 6) is 0. The van der Waals surface area contributed by atoms with E-state index in [-0.39, 0.29) is 10.7 Å². The summed E-state index contributed by atoms with van der Waals surface area (Å²) in [5, 5.41) is 12.1. The Kier molecular flexibility index (Phi) is 2.54. The van der Waals surface area contributed by atoms with E-state index in [1.807, 2.05) is 30.3 Å². The van der Waals surface area contributed by atoms with Crippen LogP contribution in [0, 0.1) is 5.21 Å². The van der Waals surface area contributed by atoms with E-state index in [0.29, 0.717) is 19.6 Å². The maximum absolute atomic E-state index is 12.1. The molecule has 1 aromatic carbocycles. The van der Waals surface area contributed by atoms with Gasteiger partial charge in [-0.2, -0.15) is 0 Å². The van der Waals surface area contributed by atoms with Crippen LogP contribution in [0.5, 0.6) is 0 Å². The molecule has 3 nitrogen and oxygen atoms in total. The standard InChI is InChI=1S/C11H16N2O/c12-11-6-7-13(14,9-11)8-10-4-2-1-3-5-10/h1-5,11H,6-9,12H2/t11?,13-/m1/s1. The van der Waals surface area contributed by atoms with Crippen LogP contribution in [0.4, 0.5) is 0 Å². The van der Waals surface area contributed by atoms with Gasteiger partial charge in [-0.05, 0) is 0 Å². The Labute approximate surface area is 84.3 Å². The van der Waals surface area contributed by atoms with Crippen LogP contribution >= 0.6 is 0 Å². The second-order valence-corrected chi connectivity index (χ2v) is 4.16. The first kappa shape index (κ1) is 9.65. The molecule has 1 saturated heterocycles. The first-order valence-corrected chi connectivity index (χ1v) is 5.05. The number of quaternary nitrogens is 1. The van der Waals surface area contributed by atoms with Crippen molar-refractivity contribution >= 4 is 0 Å². The lowest BCUT2D eigenvalue weighted by Gasteiger charge is -2.38. The minimum Gasteiger partial charge on any atom is -0.633 e. The topological polar surface area (TPSA) is 49.1 Å². The van der Waals surface area contributed by atoms with Crippen LogP contribution in [0.3, 0.4) is 0 Å². The van der Waals surface area contributed by atoms with Crippen LogP contribution in [0.15, 0.2) is 30.3 Å². The van der Waals surface area contributed by atoms with Crippen molar-refractivity contribution in [2.24, 2.45) is 5.73 Å². The Morgan fingerprint density at radius 1 is 1.36 bits per heavy atom. The molecule has 14 heavy (non-hydrogen) atoms. The van der Waals surface area contributed by atoms with E-state index in [4.69, 9.17) is 5.73 Å². The number of nitrogens with two attached hydrogens (primary N) is 1. The number of hydrogen-bond acceptors (Lipinski definition) is 2. The quantitative estimate of drug-likeness (QED) is 0.566. The lowest BCUT2D eigenvalue weighted by atomic mass is 10.2. The highest BCUT2D eigenvalue weighted by Crippen LogP contribution is 2.20. The lowest BCUT2D eigenvalue weighted by Crippen LogP contribution is -2.40. The van der Waals surface area contributed by atoms with Gasteiger partial charge in [0.25, 0.3) is 0 Å². The average Bonchev–Trinajstić information content (AvgIpc) is 2.47. The third-order valence-corrected chi connectivity index (χ3v) is 2.79. The second kappa shape index (κ2) is 3.69. The molecule has 1 aliphatic rings. The van der Waals surface area contributed by atoms with Gasteiger partial charge in [0.1, 0.15) is 6.54 Å². The number of likely N-dealkylation sites (tertiary alicyclic amines) is 1. The largest absolute Gasteiger partial charge is 0.633 e. The Balaban J connectivity index is 2.04. The van der Waals surface area contributed by atoms with Crippen molar-refractivity contribution in [1.82, 2.24) is 0 Å². The van der Waals surface area contributed by atoms with Crippen LogP contribution in [0.2, 0.25) is 0 Å². The predicted molar refractivity (Wildman–Crippen MR) is 56.1 cm³/mol. The van der Waals surface area contributed by atoms with Crippen LogP contribution in [-0.4, -0.2) is 23.8 Å². The fourth-order valence-corrected chi connectivity index (χ4v) is 2.07. The fraction of sp³-hybridized carbons (Fsp3) is 0.455. The molecule has 0 spiro atoms. The van der Waals surface area contributed by atoms with E-state index in [1.54, 1.807) is 0 Å². The number of benzene rings is 1. The van der Waals surface area contributed by atoms with Crippen molar-refractivity contribution in [3.63, 3.8) is 0 Å². The van der Waals surface area contributed by atoms with E-state index >= 15 is 0 Å². The molecule has 0 saturated carbocycles. The average molecular weight is 192 g/mol. The van der Waals surface area contributed by atoms with Crippen molar-refractivity contribution in [3.8, 4) is 0 Å². The molecule has 0 aliphatic carbocycles. The summed E-state index contributed by atoms with van der Waals surface area (Å²) in [4.78, 5) is 0. The van der Waals surface area contributed by atoms with Crippen molar-refractivity contribution in [1.29, 1.82) is 0 Å². The first-order chi connectivity index (χ1) is 6.68. The van der Waals surface area contributed by atoms with Crippen LogP contribution in [-0.2, 0) is 6.54 Å². The number of hydroxylamine groups is 3. The van der Waals surface area contributed by atoms with Crippen LogP contribution in [0.1, 0.15) is 12.0 Å². The summed E-state index contributed by atoms with van der Waals surface area (Å²) < 4.78 is -0.148. The third-order valence-electron chi connectivity index (χ3n) is 2.79. The maximum Gasteiger partial charge on any atom is 0.104 e. The highest BCUT2D eigenvalue weighted by atomic mass is 16.5. The van der Waals surface area contributed by atoms with Gasteiger partial charge >= 0.3 is 0 Å². The first-order valence-electron chi connectivity index (χ1n) is 5.05. The molecule has 1 heterocycles. The SMILES string of the molecule is NC1CC[N@@+]([O-])(Cc2ccccc2)C1. The van der Waals surface area contributed by atoms with Gasteiger partial charge < -0.3 is 15.6 Å². The molecule has 0 radical (unpaired) electrons. The molecule has 0 aromatic heterocycles. The monoisotopic (exact) mass is 192 g/mol. The number of nitrogens with zero attached hydrogens (tertiary/aromatic N) is 1. The summed E-state index contributed by atoms with van der Waals surface area (Å²) >= 11 is 0. The van der Waals surface area contributed by atoms with Crippen molar-refractivity contribution in [2.75, 3.05) is 13.1 Å². The molecule has 1 fully saturated rings. The van der Waals surface area contributed by atoms with Gasteiger partial charge in [-0.15, -0.1) is 0 Å². The van der Waals surface area contributed by atoms with Crippen molar-refractivity contribution < 1.29 is 4.65 Å². The van der Waals surface area contributed by atoms with Gasteiger partial charge in [0.2, 0.25) is 0 Å². The van der Waals surface area contributed by atoms with E-state index in [2.05, 4.69) is 0 Å². The minimum atomic E-state index is -0.148. The Morgan fingerprint density at radius 3 is 2.64 bits per heavy atom. The van der Waals surface area contributed by atoms with Gasteiger partial charge in [0.05, 0.1) is 19.1 Å². The van der Waals surface area contributed by atoms with E-state index in [1.165, 1.54) is 0 Å². The molecule has 0 amide bonds. The maximum atomic E-state index is 12.1. The zero-order valence-electron chi connectivity index (χ0n) is 8.23. The van der Waals surface area contributed by atoms with E-state index in [0.717, 1.165) is 12.0 Å². The molecule has 2 atom stereocenters. The summed E-state index contributed by atoms with van der Waals surface area (Å²) in [6.07, 6.45) is 0.857. The predicted octanol–water partition coefficient (Wildman–Crippen LogP) is 1.23. The lowest BCUT2D eigenvalue weighted by molar-refractivity contribution is -0.882. The third kappa shape index (κ3) is 2.12. The molecule has 1 aliphatic heterocycles. The van der Waals surface area contributed by atoms with E-state index in [9.17, 15) is 5.21 Å². The second-order valence-electron chi connectivity index (χ2n) is 4.16. The highest BCUT2D eigenvalue weighted by Gasteiger charge is 2.28. The minimum absolute atomic E-state index is 0.0937. The van der Waals surface area contributed by atoms with Crippen molar-refractivity contribution in [2.45, 2.75) is 19.0 Å². The summed E-state index contributed by atoms with van der Waals surface area (Å²) in [6.45, 7) is 1.79. The smallest absolute Gasteiger partial charge is 0.104 e. The van der Waals surface area contributed by atoms with Gasteiger partial charge in [-0.1, -0.05) is 30.3 Å². The zero-order valence-corrected chi connectivity index (χ0v) is 8.23. The normalized spacial score (nSPS) is 32.0.